The molecule has 0 aromatic carbocycles. The summed E-state index contributed by atoms with van der Waals surface area (Å²) in [5.41, 5.74) is -0.678. The third-order valence-electron chi connectivity index (χ3n) is 1.76. The molecule has 1 rings (SSSR count). The molecule has 0 atom stereocenters. The Morgan fingerprint density at radius 3 is 2.56 bits per heavy atom. The SMILES string of the molecule is COC(=O)c1c(I)cc(OC(F)(F)F)nc1CF. The van der Waals surface area contributed by atoms with Crippen LogP contribution in [0.25, 0.3) is 0 Å². The van der Waals surface area contributed by atoms with Crippen molar-refractivity contribution in [1.29, 1.82) is 0 Å². The number of hydrogen-bond donors (Lipinski definition) is 0. The van der Waals surface area contributed by atoms with Crippen LogP contribution in [0.1, 0.15) is 16.1 Å². The van der Waals surface area contributed by atoms with Crippen molar-refractivity contribution in [3.8, 4) is 5.88 Å². The van der Waals surface area contributed by atoms with Crippen molar-refractivity contribution in [3.05, 3.63) is 20.9 Å². The molecule has 0 aliphatic heterocycles. The Bertz CT molecular complexity index is 464. The van der Waals surface area contributed by atoms with Gasteiger partial charge >= 0.3 is 12.3 Å². The molecule has 0 N–H and O–H groups in total. The number of esters is 1. The second-order valence-electron chi connectivity index (χ2n) is 2.94. The number of hydrogen-bond acceptors (Lipinski definition) is 4. The monoisotopic (exact) mass is 379 g/mol. The molecule has 18 heavy (non-hydrogen) atoms. The number of methoxy groups -OCH3 is 1. The normalized spacial score (nSPS) is 11.2. The zero-order valence-corrected chi connectivity index (χ0v) is 11.0. The first-order valence-corrected chi connectivity index (χ1v) is 5.45. The minimum absolute atomic E-state index is 0.0568. The minimum Gasteiger partial charge on any atom is -0.465 e. The number of carbonyl (C=O) groups excluding carboxylic acids is 1. The zero-order valence-electron chi connectivity index (χ0n) is 8.85. The van der Waals surface area contributed by atoms with Gasteiger partial charge in [-0.15, -0.1) is 13.2 Å². The number of aromatic nitrogens is 1. The molecule has 0 aliphatic rings. The van der Waals surface area contributed by atoms with Crippen molar-refractivity contribution in [2.45, 2.75) is 13.0 Å². The van der Waals surface area contributed by atoms with Gasteiger partial charge in [0.2, 0.25) is 5.88 Å². The van der Waals surface area contributed by atoms with Crippen molar-refractivity contribution < 1.29 is 31.8 Å². The van der Waals surface area contributed by atoms with Crippen molar-refractivity contribution in [2.24, 2.45) is 0 Å². The summed E-state index contributed by atoms with van der Waals surface area (Å²) in [5, 5.41) is 0. The van der Waals surface area contributed by atoms with E-state index in [0.29, 0.717) is 0 Å². The van der Waals surface area contributed by atoms with Gasteiger partial charge in [-0.1, -0.05) is 0 Å². The average Bonchev–Trinajstić information content (AvgIpc) is 2.24. The molecular formula is C9H6F4INO3. The molecule has 0 bridgehead atoms. The summed E-state index contributed by atoms with van der Waals surface area (Å²) in [6, 6.07) is 0.874. The number of pyridine rings is 1. The fourth-order valence-electron chi connectivity index (χ4n) is 1.12. The first-order chi connectivity index (χ1) is 8.28. The van der Waals surface area contributed by atoms with E-state index in [1.165, 1.54) is 0 Å². The van der Waals surface area contributed by atoms with E-state index < -0.39 is 30.6 Å². The van der Waals surface area contributed by atoms with Gasteiger partial charge in [-0.25, -0.2) is 14.2 Å². The van der Waals surface area contributed by atoms with Crippen LogP contribution in [0, 0.1) is 3.57 Å². The summed E-state index contributed by atoms with van der Waals surface area (Å²) in [5.74, 6) is -1.70. The number of nitrogens with zero attached hydrogens (tertiary/aromatic N) is 1. The summed E-state index contributed by atoms with van der Waals surface area (Å²) < 4.78 is 56.6. The highest BCUT2D eigenvalue weighted by Gasteiger charge is 2.32. The molecule has 4 nitrogen and oxygen atoms in total. The molecule has 0 fully saturated rings. The number of ether oxygens (including phenoxy) is 2. The zero-order chi connectivity index (χ0) is 13.9. The molecule has 0 saturated carbocycles. The third kappa shape index (κ3) is 3.68. The quantitative estimate of drug-likeness (QED) is 0.461. The van der Waals surface area contributed by atoms with Gasteiger partial charge in [-0.2, -0.15) is 0 Å². The van der Waals surface area contributed by atoms with Gasteiger partial charge < -0.3 is 9.47 Å². The Balaban J connectivity index is 3.23. The van der Waals surface area contributed by atoms with E-state index in [1.54, 1.807) is 22.6 Å². The van der Waals surface area contributed by atoms with E-state index in [0.717, 1.165) is 13.2 Å². The van der Waals surface area contributed by atoms with E-state index in [2.05, 4.69) is 14.5 Å². The van der Waals surface area contributed by atoms with Gasteiger partial charge in [-0.05, 0) is 22.6 Å². The predicted octanol–water partition coefficient (Wildman–Crippen LogP) is 2.84. The van der Waals surface area contributed by atoms with Gasteiger partial charge in [0.1, 0.15) is 6.67 Å². The first-order valence-electron chi connectivity index (χ1n) is 4.38. The van der Waals surface area contributed by atoms with Crippen LogP contribution in [-0.4, -0.2) is 24.4 Å². The van der Waals surface area contributed by atoms with Gasteiger partial charge in [0.25, 0.3) is 0 Å². The number of alkyl halides is 4. The summed E-state index contributed by atoms with van der Waals surface area (Å²) >= 11 is 1.57. The van der Waals surface area contributed by atoms with Gasteiger partial charge in [0, 0.05) is 9.64 Å². The average molecular weight is 379 g/mol. The highest BCUT2D eigenvalue weighted by molar-refractivity contribution is 14.1. The lowest BCUT2D eigenvalue weighted by atomic mass is 10.2. The minimum atomic E-state index is -4.93. The van der Waals surface area contributed by atoms with E-state index in [4.69, 9.17) is 0 Å². The number of halogens is 5. The second-order valence-corrected chi connectivity index (χ2v) is 4.10. The van der Waals surface area contributed by atoms with E-state index in [1.807, 2.05) is 0 Å². The Morgan fingerprint density at radius 1 is 1.50 bits per heavy atom. The molecule has 1 aromatic rings. The number of rotatable bonds is 3. The predicted molar refractivity (Wildman–Crippen MR) is 59.8 cm³/mol. The van der Waals surface area contributed by atoms with Crippen LogP contribution in [0.3, 0.4) is 0 Å². The topological polar surface area (TPSA) is 48.4 Å². The molecule has 0 saturated heterocycles. The molecular weight excluding hydrogens is 373 g/mol. The van der Waals surface area contributed by atoms with Crippen molar-refractivity contribution in [1.82, 2.24) is 4.98 Å². The lowest BCUT2D eigenvalue weighted by molar-refractivity contribution is -0.276. The van der Waals surface area contributed by atoms with Crippen molar-refractivity contribution in [2.75, 3.05) is 7.11 Å². The second kappa shape index (κ2) is 5.67. The first kappa shape index (κ1) is 14.9. The van der Waals surface area contributed by atoms with Gasteiger partial charge in [-0.3, -0.25) is 0 Å². The summed E-state index contributed by atoms with van der Waals surface area (Å²) in [4.78, 5) is 14.6. The lowest BCUT2D eigenvalue weighted by Crippen LogP contribution is -2.19. The standard InChI is InChI=1S/C9H6F4INO3/c1-17-8(16)7-4(14)2-6(15-5(7)3-10)18-9(11,12)13/h2H,3H2,1H3. The molecule has 1 heterocycles. The third-order valence-corrected chi connectivity index (χ3v) is 2.61. The Hall–Kier alpha value is -1.13. The van der Waals surface area contributed by atoms with Crippen LogP contribution in [-0.2, 0) is 11.4 Å². The highest BCUT2D eigenvalue weighted by Crippen LogP contribution is 2.26. The lowest BCUT2D eigenvalue weighted by Gasteiger charge is -2.11. The molecule has 0 aliphatic carbocycles. The number of carbonyl (C=O) groups is 1. The molecule has 0 spiro atoms. The van der Waals surface area contributed by atoms with E-state index >= 15 is 0 Å². The van der Waals surface area contributed by atoms with Crippen LogP contribution in [0.15, 0.2) is 6.07 Å². The van der Waals surface area contributed by atoms with Crippen molar-refractivity contribution >= 4 is 28.6 Å². The fourth-order valence-corrected chi connectivity index (χ4v) is 1.92. The maximum Gasteiger partial charge on any atom is 0.574 e. The summed E-state index contributed by atoms with van der Waals surface area (Å²) in [7, 11) is 1.07. The molecule has 0 radical (unpaired) electrons. The van der Waals surface area contributed by atoms with Crippen LogP contribution < -0.4 is 4.74 Å². The summed E-state index contributed by atoms with van der Waals surface area (Å²) in [6.07, 6.45) is -4.93. The van der Waals surface area contributed by atoms with Crippen LogP contribution in [0.4, 0.5) is 17.6 Å². The summed E-state index contributed by atoms with van der Waals surface area (Å²) in [6.45, 7) is -1.21. The van der Waals surface area contributed by atoms with Crippen LogP contribution in [0.2, 0.25) is 0 Å². The van der Waals surface area contributed by atoms with Gasteiger partial charge in [0.15, 0.2) is 0 Å². The largest absolute Gasteiger partial charge is 0.574 e. The Labute approximate surface area is 112 Å². The van der Waals surface area contributed by atoms with Crippen molar-refractivity contribution in [3.63, 3.8) is 0 Å². The fraction of sp³-hybridized carbons (Fsp3) is 0.333. The Morgan fingerprint density at radius 2 is 2.11 bits per heavy atom. The Kier molecular flexibility index (Phi) is 4.71. The maximum absolute atomic E-state index is 12.7. The smallest absolute Gasteiger partial charge is 0.465 e. The van der Waals surface area contributed by atoms with E-state index in [9.17, 15) is 22.4 Å². The van der Waals surface area contributed by atoms with E-state index in [-0.39, 0.29) is 9.13 Å². The van der Waals surface area contributed by atoms with Gasteiger partial charge in [0.05, 0.1) is 18.4 Å². The molecule has 9 heteroatoms. The molecule has 100 valence electrons. The molecule has 1 aromatic heterocycles. The highest BCUT2D eigenvalue weighted by atomic mass is 127. The molecule has 0 unspecified atom stereocenters. The maximum atomic E-state index is 12.7. The van der Waals surface area contributed by atoms with Crippen LogP contribution >= 0.6 is 22.6 Å². The van der Waals surface area contributed by atoms with Crippen LogP contribution in [0.5, 0.6) is 5.88 Å². The molecule has 0 amide bonds.